The normalized spacial score (nSPS) is 9.69. The highest BCUT2D eigenvalue weighted by Crippen LogP contribution is 2.04. The van der Waals surface area contributed by atoms with Gasteiger partial charge in [0.05, 0.1) is 6.54 Å². The molecule has 13 heavy (non-hydrogen) atoms. The van der Waals surface area contributed by atoms with Gasteiger partial charge < -0.3 is 5.73 Å². The predicted molar refractivity (Wildman–Crippen MR) is 50.5 cm³/mol. The molecule has 0 saturated heterocycles. The number of hydrogen-bond acceptors (Lipinski definition) is 2. The van der Waals surface area contributed by atoms with Crippen LogP contribution in [0.25, 0.3) is 0 Å². The van der Waals surface area contributed by atoms with Crippen molar-refractivity contribution in [3.63, 3.8) is 0 Å². The molecule has 4 nitrogen and oxygen atoms in total. The summed E-state index contributed by atoms with van der Waals surface area (Å²) in [5, 5.41) is 0.977. The molecule has 1 rings (SSSR count). The van der Waals surface area contributed by atoms with Crippen LogP contribution in [0.1, 0.15) is 11.1 Å². The molecule has 0 atom stereocenters. The molecule has 0 fully saturated rings. The lowest BCUT2D eigenvalue weighted by Crippen LogP contribution is -2.40. The molecule has 0 aliphatic rings. The van der Waals surface area contributed by atoms with Crippen LogP contribution in [0.5, 0.6) is 0 Å². The number of nitrogens with two attached hydrogens (primary N) is 2. The molecule has 1 aromatic rings. The quantitative estimate of drug-likeness (QED) is 0.399. The van der Waals surface area contributed by atoms with Gasteiger partial charge in [-0.3, -0.25) is 5.01 Å². The lowest BCUT2D eigenvalue weighted by atomic mass is 10.1. The van der Waals surface area contributed by atoms with E-state index in [2.05, 4.69) is 0 Å². The summed E-state index contributed by atoms with van der Waals surface area (Å²) in [4.78, 5) is 10.6. The molecule has 0 spiro atoms. The number of amides is 2. The molecule has 2 amide bonds. The summed E-state index contributed by atoms with van der Waals surface area (Å²) in [5.74, 6) is 5.35. The van der Waals surface area contributed by atoms with E-state index in [9.17, 15) is 4.79 Å². The molecule has 0 radical (unpaired) electrons. The summed E-state index contributed by atoms with van der Waals surface area (Å²) >= 11 is 0. The van der Waals surface area contributed by atoms with E-state index < -0.39 is 6.03 Å². The van der Waals surface area contributed by atoms with E-state index in [0.29, 0.717) is 6.54 Å². The van der Waals surface area contributed by atoms with E-state index in [1.165, 1.54) is 5.56 Å². The maximum absolute atomic E-state index is 10.6. The molecule has 0 aliphatic carbocycles. The number of carbonyl (C=O) groups excluding carboxylic acids is 1. The van der Waals surface area contributed by atoms with E-state index in [1.807, 2.05) is 31.2 Å². The van der Waals surface area contributed by atoms with Crippen molar-refractivity contribution in [3.8, 4) is 0 Å². The third-order valence-corrected chi connectivity index (χ3v) is 1.76. The van der Waals surface area contributed by atoms with Crippen LogP contribution in [-0.2, 0) is 6.54 Å². The second kappa shape index (κ2) is 3.91. The second-order valence-electron chi connectivity index (χ2n) is 2.95. The van der Waals surface area contributed by atoms with E-state index in [4.69, 9.17) is 11.6 Å². The molecule has 0 saturated carbocycles. The zero-order valence-electron chi connectivity index (χ0n) is 7.53. The van der Waals surface area contributed by atoms with Gasteiger partial charge >= 0.3 is 6.03 Å². The molecular weight excluding hydrogens is 166 g/mol. The molecule has 4 N–H and O–H groups in total. The minimum Gasteiger partial charge on any atom is -0.350 e. The summed E-state index contributed by atoms with van der Waals surface area (Å²) in [6.45, 7) is 2.34. The fraction of sp³-hybridized carbons (Fsp3) is 0.222. The summed E-state index contributed by atoms with van der Waals surface area (Å²) in [5.41, 5.74) is 7.11. The highest BCUT2D eigenvalue weighted by Gasteiger charge is 2.03. The topological polar surface area (TPSA) is 72.3 Å². The molecular formula is C9H13N3O. The number of nitrogens with zero attached hydrogens (tertiary/aromatic N) is 1. The maximum atomic E-state index is 10.6. The minimum atomic E-state index is -0.624. The Morgan fingerprint density at radius 3 is 2.38 bits per heavy atom. The Morgan fingerprint density at radius 1 is 1.38 bits per heavy atom. The Kier molecular flexibility index (Phi) is 2.87. The average Bonchev–Trinajstić information content (AvgIpc) is 2.08. The molecule has 4 heteroatoms. The SMILES string of the molecule is Cc1ccc(CN(N)C(N)=O)cc1. The van der Waals surface area contributed by atoms with E-state index in [-0.39, 0.29) is 0 Å². The Hall–Kier alpha value is -1.55. The highest BCUT2D eigenvalue weighted by atomic mass is 16.2. The monoisotopic (exact) mass is 179 g/mol. The molecule has 0 aliphatic heterocycles. The van der Waals surface area contributed by atoms with Crippen molar-refractivity contribution in [2.45, 2.75) is 13.5 Å². The van der Waals surface area contributed by atoms with Crippen LogP contribution >= 0.6 is 0 Å². The van der Waals surface area contributed by atoms with Crippen molar-refractivity contribution >= 4 is 6.03 Å². The number of aryl methyl sites for hydroxylation is 1. The average molecular weight is 179 g/mol. The molecule has 0 unspecified atom stereocenters. The second-order valence-corrected chi connectivity index (χ2v) is 2.95. The van der Waals surface area contributed by atoms with Crippen LogP contribution in [0, 0.1) is 6.92 Å². The molecule has 0 heterocycles. The first-order valence-corrected chi connectivity index (χ1v) is 3.97. The van der Waals surface area contributed by atoms with Gasteiger partial charge in [0.25, 0.3) is 0 Å². The number of hydrazine groups is 1. The van der Waals surface area contributed by atoms with Crippen molar-refractivity contribution in [2.24, 2.45) is 11.6 Å². The smallest absolute Gasteiger partial charge is 0.329 e. The summed E-state index contributed by atoms with van der Waals surface area (Å²) in [6.07, 6.45) is 0. The highest BCUT2D eigenvalue weighted by molar-refractivity contribution is 5.71. The summed E-state index contributed by atoms with van der Waals surface area (Å²) in [7, 11) is 0. The van der Waals surface area contributed by atoms with Crippen LogP contribution in [0.2, 0.25) is 0 Å². The Morgan fingerprint density at radius 2 is 1.92 bits per heavy atom. The molecule has 70 valence electrons. The molecule has 1 aromatic carbocycles. The maximum Gasteiger partial charge on any atom is 0.329 e. The van der Waals surface area contributed by atoms with Gasteiger partial charge in [-0.1, -0.05) is 29.8 Å². The fourth-order valence-corrected chi connectivity index (χ4v) is 0.968. The Balaban J connectivity index is 2.64. The van der Waals surface area contributed by atoms with Gasteiger partial charge in [-0.05, 0) is 12.5 Å². The van der Waals surface area contributed by atoms with Crippen LogP contribution in [0.15, 0.2) is 24.3 Å². The van der Waals surface area contributed by atoms with Gasteiger partial charge in [-0.15, -0.1) is 0 Å². The number of primary amides is 1. The van der Waals surface area contributed by atoms with Gasteiger partial charge in [0.15, 0.2) is 0 Å². The van der Waals surface area contributed by atoms with E-state index in [0.717, 1.165) is 10.6 Å². The van der Waals surface area contributed by atoms with Crippen molar-refractivity contribution in [1.82, 2.24) is 5.01 Å². The molecule has 0 aromatic heterocycles. The zero-order chi connectivity index (χ0) is 9.84. The third kappa shape index (κ3) is 2.76. The summed E-state index contributed by atoms with van der Waals surface area (Å²) in [6, 6.07) is 7.13. The largest absolute Gasteiger partial charge is 0.350 e. The Bertz CT molecular complexity index is 294. The first-order chi connectivity index (χ1) is 6.09. The Labute approximate surface area is 77.1 Å². The zero-order valence-corrected chi connectivity index (χ0v) is 7.53. The lowest BCUT2D eigenvalue weighted by Gasteiger charge is -2.13. The molecule has 0 bridgehead atoms. The van der Waals surface area contributed by atoms with Crippen LogP contribution < -0.4 is 11.6 Å². The fourth-order valence-electron chi connectivity index (χ4n) is 0.968. The number of rotatable bonds is 2. The standard InChI is InChI=1S/C9H13N3O/c1-7-2-4-8(5-3-7)6-12(11)9(10)13/h2-5H,6,11H2,1H3,(H2,10,13). The van der Waals surface area contributed by atoms with Crippen molar-refractivity contribution in [1.29, 1.82) is 0 Å². The van der Waals surface area contributed by atoms with Gasteiger partial charge in [0.1, 0.15) is 0 Å². The van der Waals surface area contributed by atoms with Crippen LogP contribution in [0.4, 0.5) is 4.79 Å². The number of hydrogen-bond donors (Lipinski definition) is 2. The van der Waals surface area contributed by atoms with Crippen LogP contribution in [0.3, 0.4) is 0 Å². The number of benzene rings is 1. The number of urea groups is 1. The van der Waals surface area contributed by atoms with E-state index >= 15 is 0 Å². The summed E-state index contributed by atoms with van der Waals surface area (Å²) < 4.78 is 0. The first kappa shape index (κ1) is 9.54. The first-order valence-electron chi connectivity index (χ1n) is 3.97. The third-order valence-electron chi connectivity index (χ3n) is 1.76. The minimum absolute atomic E-state index is 0.343. The van der Waals surface area contributed by atoms with E-state index in [1.54, 1.807) is 0 Å². The predicted octanol–water partition coefficient (Wildman–Crippen LogP) is 0.749. The van der Waals surface area contributed by atoms with Gasteiger partial charge in [0.2, 0.25) is 0 Å². The number of carbonyl (C=O) groups is 1. The van der Waals surface area contributed by atoms with Gasteiger partial charge in [0, 0.05) is 0 Å². The van der Waals surface area contributed by atoms with Crippen molar-refractivity contribution < 1.29 is 4.79 Å². The lowest BCUT2D eigenvalue weighted by molar-refractivity contribution is 0.206. The van der Waals surface area contributed by atoms with Crippen molar-refractivity contribution in [2.75, 3.05) is 0 Å². The van der Waals surface area contributed by atoms with Gasteiger partial charge in [-0.2, -0.15) is 0 Å². The van der Waals surface area contributed by atoms with Crippen LogP contribution in [-0.4, -0.2) is 11.0 Å². The van der Waals surface area contributed by atoms with Crippen molar-refractivity contribution in [3.05, 3.63) is 35.4 Å². The van der Waals surface area contributed by atoms with Gasteiger partial charge in [-0.25, -0.2) is 10.6 Å².